The van der Waals surface area contributed by atoms with Crippen molar-refractivity contribution in [1.29, 1.82) is 0 Å². The number of urea groups is 1. The number of amides is 3. The molecular formula is C15H13ClF4N2O6S. The number of nitrogens with zero attached hydrogens (tertiary/aromatic N) is 2. The van der Waals surface area contributed by atoms with Crippen LogP contribution >= 0.6 is 11.6 Å². The van der Waals surface area contributed by atoms with Crippen molar-refractivity contribution in [3.05, 3.63) is 23.0 Å². The number of imide groups is 1. The van der Waals surface area contributed by atoms with E-state index < -0.39 is 73.1 Å². The molecule has 160 valence electrons. The third-order valence-corrected chi connectivity index (χ3v) is 6.83. The van der Waals surface area contributed by atoms with Gasteiger partial charge in [0, 0.05) is 7.05 Å². The highest BCUT2D eigenvalue weighted by atomic mass is 35.5. The molecule has 1 aliphatic rings. The van der Waals surface area contributed by atoms with E-state index in [1.165, 1.54) is 0 Å². The van der Waals surface area contributed by atoms with Gasteiger partial charge in [0.05, 0.1) is 22.0 Å². The number of aliphatic carboxylic acids is 1. The van der Waals surface area contributed by atoms with Gasteiger partial charge in [0.25, 0.3) is 0 Å². The highest BCUT2D eigenvalue weighted by molar-refractivity contribution is 7.92. The maximum atomic E-state index is 14.4. The van der Waals surface area contributed by atoms with Crippen LogP contribution in [0.5, 0.6) is 0 Å². The van der Waals surface area contributed by atoms with E-state index in [0.29, 0.717) is 12.1 Å². The standard InChI is InChI=1S/C15H13ClF4N2O6S/c1-6(13(24)25)29(27,28)10-4-9(8(17)3-7(10)16)22-12(23)5-11(15(18,19)20)21(2)14(22)26/h3-4,6,11H,5H2,1-2H3,(H,24,25). The van der Waals surface area contributed by atoms with Crippen molar-refractivity contribution in [2.24, 2.45) is 0 Å². The van der Waals surface area contributed by atoms with Crippen LogP contribution in [0.1, 0.15) is 13.3 Å². The Bertz CT molecular complexity index is 997. The normalized spacial score (nSPS) is 19.5. The minimum atomic E-state index is -4.92. The molecular weight excluding hydrogens is 448 g/mol. The van der Waals surface area contributed by atoms with Gasteiger partial charge in [-0.05, 0) is 19.1 Å². The molecule has 0 aliphatic carbocycles. The third-order valence-electron chi connectivity index (χ3n) is 4.32. The molecule has 2 atom stereocenters. The number of carboxylic acid groups (broad SMARTS) is 1. The molecule has 0 spiro atoms. The van der Waals surface area contributed by atoms with E-state index in [9.17, 15) is 40.4 Å². The van der Waals surface area contributed by atoms with Crippen LogP contribution in [-0.2, 0) is 19.4 Å². The fourth-order valence-corrected chi connectivity index (χ4v) is 4.32. The van der Waals surface area contributed by atoms with Crippen molar-refractivity contribution in [3.63, 3.8) is 0 Å². The summed E-state index contributed by atoms with van der Waals surface area (Å²) >= 11 is 5.70. The summed E-state index contributed by atoms with van der Waals surface area (Å²) in [5.41, 5.74) is -0.965. The molecule has 0 saturated carbocycles. The average molecular weight is 461 g/mol. The van der Waals surface area contributed by atoms with Crippen LogP contribution in [0.2, 0.25) is 5.02 Å². The van der Waals surface area contributed by atoms with Crippen LogP contribution in [0.4, 0.5) is 28.0 Å². The van der Waals surface area contributed by atoms with E-state index in [1.807, 2.05) is 0 Å². The van der Waals surface area contributed by atoms with E-state index >= 15 is 0 Å². The lowest BCUT2D eigenvalue weighted by atomic mass is 10.1. The summed E-state index contributed by atoms with van der Waals surface area (Å²) in [6, 6.07) is -3.11. The van der Waals surface area contributed by atoms with Crippen molar-refractivity contribution < 1.29 is 45.5 Å². The molecule has 14 heteroatoms. The molecule has 3 amide bonds. The monoisotopic (exact) mass is 460 g/mol. The molecule has 1 fully saturated rings. The highest BCUT2D eigenvalue weighted by Gasteiger charge is 2.51. The summed E-state index contributed by atoms with van der Waals surface area (Å²) in [7, 11) is -3.92. The second-order valence-electron chi connectivity index (χ2n) is 6.14. The van der Waals surface area contributed by atoms with E-state index in [-0.39, 0.29) is 9.80 Å². The first kappa shape index (κ1) is 22.9. The number of carboxylic acids is 1. The molecule has 1 aromatic rings. The summed E-state index contributed by atoms with van der Waals surface area (Å²) < 4.78 is 78.2. The Morgan fingerprint density at radius 3 is 2.34 bits per heavy atom. The van der Waals surface area contributed by atoms with Gasteiger partial charge in [-0.2, -0.15) is 13.2 Å². The number of carbonyl (C=O) groups excluding carboxylic acids is 2. The second kappa shape index (κ2) is 7.44. The van der Waals surface area contributed by atoms with Crippen LogP contribution in [0, 0.1) is 5.82 Å². The number of alkyl halides is 3. The van der Waals surface area contributed by atoms with E-state index in [0.717, 1.165) is 14.0 Å². The first-order valence-corrected chi connectivity index (χ1v) is 9.65. The zero-order valence-electron chi connectivity index (χ0n) is 14.7. The van der Waals surface area contributed by atoms with Gasteiger partial charge in [-0.3, -0.25) is 9.59 Å². The van der Waals surface area contributed by atoms with E-state index in [4.69, 9.17) is 16.7 Å². The Hall–Kier alpha value is -2.41. The number of halogens is 5. The molecule has 0 bridgehead atoms. The van der Waals surface area contributed by atoms with Crippen molar-refractivity contribution in [2.75, 3.05) is 11.9 Å². The SMILES string of the molecule is CC(C(=O)O)S(=O)(=O)c1cc(N2C(=O)CC(C(F)(F)F)N(C)C2=O)c(F)cc1Cl. The van der Waals surface area contributed by atoms with Gasteiger partial charge >= 0.3 is 18.2 Å². The fraction of sp³-hybridized carbons (Fsp3) is 0.400. The van der Waals surface area contributed by atoms with Crippen LogP contribution in [0.15, 0.2) is 17.0 Å². The van der Waals surface area contributed by atoms with Gasteiger partial charge in [-0.25, -0.2) is 22.5 Å². The summed E-state index contributed by atoms with van der Waals surface area (Å²) in [6.45, 7) is 0.815. The first-order chi connectivity index (χ1) is 13.1. The lowest BCUT2D eigenvalue weighted by Crippen LogP contribution is -2.60. The third kappa shape index (κ3) is 4.01. The number of sulfone groups is 1. The Labute approximate surface area is 166 Å². The first-order valence-electron chi connectivity index (χ1n) is 7.73. The van der Waals surface area contributed by atoms with Gasteiger partial charge in [-0.15, -0.1) is 0 Å². The minimum Gasteiger partial charge on any atom is -0.480 e. The van der Waals surface area contributed by atoms with Gasteiger partial charge in [0.15, 0.2) is 15.1 Å². The summed E-state index contributed by atoms with van der Waals surface area (Å²) in [5.74, 6) is -4.53. The molecule has 1 N–H and O–H groups in total. The zero-order valence-corrected chi connectivity index (χ0v) is 16.3. The number of rotatable bonds is 4. The van der Waals surface area contributed by atoms with Crippen LogP contribution in [0.25, 0.3) is 0 Å². The van der Waals surface area contributed by atoms with Gasteiger partial charge in [0.2, 0.25) is 5.91 Å². The average Bonchev–Trinajstić information content (AvgIpc) is 2.57. The largest absolute Gasteiger partial charge is 0.480 e. The van der Waals surface area contributed by atoms with Crippen LogP contribution < -0.4 is 4.90 Å². The molecule has 0 radical (unpaired) electrons. The second-order valence-corrected chi connectivity index (χ2v) is 8.79. The van der Waals surface area contributed by atoms with E-state index in [1.54, 1.807) is 0 Å². The maximum Gasteiger partial charge on any atom is 0.409 e. The Kier molecular flexibility index (Phi) is 5.87. The number of anilines is 1. The highest BCUT2D eigenvalue weighted by Crippen LogP contribution is 2.37. The zero-order chi connectivity index (χ0) is 22.5. The van der Waals surface area contributed by atoms with Crippen molar-refractivity contribution in [2.45, 2.75) is 35.7 Å². The summed E-state index contributed by atoms with van der Waals surface area (Å²) in [6.07, 6.45) is -6.14. The molecule has 0 aromatic heterocycles. The van der Waals surface area contributed by atoms with Crippen LogP contribution in [0.3, 0.4) is 0 Å². The molecule has 1 aliphatic heterocycles. The maximum absolute atomic E-state index is 14.4. The van der Waals surface area contributed by atoms with Gasteiger partial charge in [0.1, 0.15) is 11.9 Å². The quantitative estimate of drug-likeness (QED) is 0.545. The number of hydrogen-bond donors (Lipinski definition) is 1. The topological polar surface area (TPSA) is 112 Å². The van der Waals surface area contributed by atoms with Crippen LogP contribution in [-0.4, -0.2) is 60.8 Å². The predicted molar refractivity (Wildman–Crippen MR) is 90.8 cm³/mol. The van der Waals surface area contributed by atoms with Gasteiger partial charge < -0.3 is 10.0 Å². The Balaban J connectivity index is 2.61. The lowest BCUT2D eigenvalue weighted by molar-refractivity contribution is -0.179. The number of hydrogen-bond acceptors (Lipinski definition) is 5. The molecule has 29 heavy (non-hydrogen) atoms. The number of benzene rings is 1. The predicted octanol–water partition coefficient (Wildman–Crippen LogP) is 2.45. The Morgan fingerprint density at radius 2 is 1.86 bits per heavy atom. The minimum absolute atomic E-state index is 0.0539. The molecule has 1 aromatic carbocycles. The molecule has 8 nitrogen and oxygen atoms in total. The summed E-state index contributed by atoms with van der Waals surface area (Å²) in [4.78, 5) is 34.9. The van der Waals surface area contributed by atoms with Crippen molar-refractivity contribution in [3.8, 4) is 0 Å². The lowest BCUT2D eigenvalue weighted by Gasteiger charge is -2.38. The van der Waals surface area contributed by atoms with Crippen molar-refractivity contribution >= 4 is 45.0 Å². The van der Waals surface area contributed by atoms with Crippen molar-refractivity contribution in [1.82, 2.24) is 4.90 Å². The van der Waals surface area contributed by atoms with E-state index in [2.05, 4.69) is 0 Å². The van der Waals surface area contributed by atoms with Gasteiger partial charge in [-0.1, -0.05) is 11.6 Å². The fourth-order valence-electron chi connectivity index (χ4n) is 2.59. The summed E-state index contributed by atoms with van der Waals surface area (Å²) in [5, 5.41) is 6.20. The molecule has 1 heterocycles. The molecule has 2 rings (SSSR count). The number of carbonyl (C=O) groups is 3. The molecule has 1 saturated heterocycles. The Morgan fingerprint density at radius 1 is 1.31 bits per heavy atom. The molecule has 2 unspecified atom stereocenters. The smallest absolute Gasteiger partial charge is 0.409 e.